The zero-order valence-electron chi connectivity index (χ0n) is 17.2. The Morgan fingerprint density at radius 2 is 1.15 bits per heavy atom. The van der Waals surface area contributed by atoms with Crippen molar-refractivity contribution in [2.24, 2.45) is 0 Å². The number of hydrogen-bond acceptors (Lipinski definition) is 8. The highest BCUT2D eigenvalue weighted by Crippen LogP contribution is 2.13. The molecule has 0 aliphatic carbocycles. The highest BCUT2D eigenvalue weighted by atomic mass is 16.6. The van der Waals surface area contributed by atoms with Gasteiger partial charge in [-0.05, 0) is 34.6 Å². The number of esters is 2. The van der Waals surface area contributed by atoms with Gasteiger partial charge < -0.3 is 18.9 Å². The first-order chi connectivity index (χ1) is 12.8. The van der Waals surface area contributed by atoms with Gasteiger partial charge in [0.1, 0.15) is 24.8 Å². The SMILES string of the molecule is CC(COC(=O)C(C)N1CC1)OCC(C)OCC(C)OC(=O)C(C)N1CC1. The van der Waals surface area contributed by atoms with Crippen LogP contribution in [0.2, 0.25) is 0 Å². The van der Waals surface area contributed by atoms with E-state index in [-0.39, 0.29) is 48.9 Å². The van der Waals surface area contributed by atoms with Crippen LogP contribution < -0.4 is 0 Å². The molecule has 156 valence electrons. The molecule has 0 aromatic carbocycles. The molecule has 5 unspecified atom stereocenters. The molecule has 0 bridgehead atoms. The molecule has 0 saturated carbocycles. The number of carbonyl (C=O) groups excluding carboxylic acids is 2. The number of carbonyl (C=O) groups is 2. The smallest absolute Gasteiger partial charge is 0.323 e. The lowest BCUT2D eigenvalue weighted by atomic mass is 10.3. The Labute approximate surface area is 162 Å². The van der Waals surface area contributed by atoms with E-state index in [1.54, 1.807) is 0 Å². The summed E-state index contributed by atoms with van der Waals surface area (Å²) in [7, 11) is 0. The summed E-state index contributed by atoms with van der Waals surface area (Å²) in [6.45, 7) is 14.1. The molecular formula is C19H34N2O6. The van der Waals surface area contributed by atoms with Gasteiger partial charge in [-0.2, -0.15) is 0 Å². The van der Waals surface area contributed by atoms with Gasteiger partial charge in [-0.3, -0.25) is 19.4 Å². The quantitative estimate of drug-likeness (QED) is 0.338. The Bertz CT molecular complexity index is 495. The van der Waals surface area contributed by atoms with Crippen molar-refractivity contribution in [3.63, 3.8) is 0 Å². The van der Waals surface area contributed by atoms with Crippen LogP contribution in [0.4, 0.5) is 0 Å². The van der Waals surface area contributed by atoms with E-state index in [1.807, 2.05) is 44.4 Å². The molecule has 5 atom stereocenters. The van der Waals surface area contributed by atoms with Crippen molar-refractivity contribution in [1.29, 1.82) is 0 Å². The lowest BCUT2D eigenvalue weighted by Gasteiger charge is -2.21. The van der Waals surface area contributed by atoms with Crippen LogP contribution in [0, 0.1) is 0 Å². The van der Waals surface area contributed by atoms with Crippen molar-refractivity contribution < 1.29 is 28.5 Å². The molecule has 8 nitrogen and oxygen atoms in total. The Morgan fingerprint density at radius 1 is 0.704 bits per heavy atom. The van der Waals surface area contributed by atoms with Crippen molar-refractivity contribution in [3.05, 3.63) is 0 Å². The minimum Gasteiger partial charge on any atom is -0.462 e. The fraction of sp³-hybridized carbons (Fsp3) is 0.895. The first-order valence-electron chi connectivity index (χ1n) is 9.86. The van der Waals surface area contributed by atoms with Gasteiger partial charge in [-0.1, -0.05) is 0 Å². The molecule has 2 aliphatic heterocycles. The third-order valence-corrected chi connectivity index (χ3v) is 4.75. The van der Waals surface area contributed by atoms with Crippen LogP contribution in [-0.4, -0.2) is 98.1 Å². The zero-order chi connectivity index (χ0) is 20.0. The molecule has 2 fully saturated rings. The second-order valence-electron chi connectivity index (χ2n) is 7.59. The Kier molecular flexibility index (Phi) is 8.47. The molecule has 0 amide bonds. The third kappa shape index (κ3) is 8.13. The summed E-state index contributed by atoms with van der Waals surface area (Å²) in [4.78, 5) is 27.9. The Balaban J connectivity index is 1.52. The van der Waals surface area contributed by atoms with Crippen molar-refractivity contribution in [3.8, 4) is 0 Å². The summed E-state index contributed by atoms with van der Waals surface area (Å²) in [6, 6.07) is -0.362. The van der Waals surface area contributed by atoms with Gasteiger partial charge in [0.2, 0.25) is 0 Å². The lowest BCUT2D eigenvalue weighted by Crippen LogP contribution is -2.33. The second-order valence-corrected chi connectivity index (χ2v) is 7.59. The molecule has 0 aromatic rings. The van der Waals surface area contributed by atoms with Gasteiger partial charge in [0, 0.05) is 26.2 Å². The predicted octanol–water partition coefficient (Wildman–Crippen LogP) is 0.680. The number of rotatable bonds is 13. The van der Waals surface area contributed by atoms with E-state index in [0.717, 1.165) is 26.2 Å². The minimum absolute atomic E-state index is 0.148. The summed E-state index contributed by atoms with van der Waals surface area (Å²) in [5, 5.41) is 0. The van der Waals surface area contributed by atoms with Gasteiger partial charge in [0.15, 0.2) is 0 Å². The van der Waals surface area contributed by atoms with Crippen molar-refractivity contribution in [2.75, 3.05) is 46.0 Å². The van der Waals surface area contributed by atoms with Crippen LogP contribution >= 0.6 is 0 Å². The first-order valence-corrected chi connectivity index (χ1v) is 9.86. The van der Waals surface area contributed by atoms with Crippen LogP contribution in [0.1, 0.15) is 34.6 Å². The molecule has 2 saturated heterocycles. The van der Waals surface area contributed by atoms with Gasteiger partial charge in [-0.15, -0.1) is 0 Å². The van der Waals surface area contributed by atoms with E-state index in [4.69, 9.17) is 18.9 Å². The molecule has 2 rings (SSSR count). The maximum atomic E-state index is 11.9. The van der Waals surface area contributed by atoms with Crippen molar-refractivity contribution >= 4 is 11.9 Å². The summed E-state index contributed by atoms with van der Waals surface area (Å²) in [5.41, 5.74) is 0. The van der Waals surface area contributed by atoms with Crippen LogP contribution in [0.3, 0.4) is 0 Å². The maximum Gasteiger partial charge on any atom is 0.323 e. The standard InChI is InChI=1S/C19H34N2O6/c1-13(25-12-15(3)27-19(23)17(5)21-8-9-21)10-24-14(2)11-26-18(22)16(4)20-6-7-20/h13-17H,6-12H2,1-5H3. The van der Waals surface area contributed by atoms with E-state index < -0.39 is 0 Å². The van der Waals surface area contributed by atoms with Crippen molar-refractivity contribution in [1.82, 2.24) is 9.80 Å². The second kappa shape index (κ2) is 10.4. The van der Waals surface area contributed by atoms with Gasteiger partial charge in [0.25, 0.3) is 0 Å². The van der Waals surface area contributed by atoms with Crippen LogP contribution in [0.15, 0.2) is 0 Å². The fourth-order valence-electron chi connectivity index (χ4n) is 2.53. The van der Waals surface area contributed by atoms with Gasteiger partial charge >= 0.3 is 11.9 Å². The molecule has 2 aliphatic rings. The summed E-state index contributed by atoms with van der Waals surface area (Å²) in [6.07, 6.45) is -0.657. The highest BCUT2D eigenvalue weighted by Gasteiger charge is 2.31. The van der Waals surface area contributed by atoms with E-state index in [1.165, 1.54) is 0 Å². The molecule has 2 heterocycles. The largest absolute Gasteiger partial charge is 0.462 e. The topological polar surface area (TPSA) is 77.1 Å². The monoisotopic (exact) mass is 386 g/mol. The van der Waals surface area contributed by atoms with Gasteiger partial charge in [-0.25, -0.2) is 0 Å². The molecule has 0 radical (unpaired) electrons. The summed E-state index contributed by atoms with van der Waals surface area (Å²) in [5.74, 6) is -0.417. The molecular weight excluding hydrogens is 352 g/mol. The molecule has 0 spiro atoms. The fourth-order valence-corrected chi connectivity index (χ4v) is 2.53. The van der Waals surface area contributed by atoms with Crippen molar-refractivity contribution in [2.45, 2.75) is 65.0 Å². The highest BCUT2D eigenvalue weighted by molar-refractivity contribution is 5.76. The molecule has 0 aromatic heterocycles. The van der Waals surface area contributed by atoms with E-state index >= 15 is 0 Å². The minimum atomic E-state index is -0.306. The summed E-state index contributed by atoms with van der Waals surface area (Å²) < 4.78 is 22.0. The van der Waals surface area contributed by atoms with E-state index in [0.29, 0.717) is 13.2 Å². The van der Waals surface area contributed by atoms with E-state index in [2.05, 4.69) is 0 Å². The molecule has 27 heavy (non-hydrogen) atoms. The average Bonchev–Trinajstić information content (AvgIpc) is 3.52. The normalized spacial score (nSPS) is 22.4. The number of nitrogens with zero attached hydrogens (tertiary/aromatic N) is 2. The number of hydrogen-bond donors (Lipinski definition) is 0. The predicted molar refractivity (Wildman–Crippen MR) is 99.4 cm³/mol. The Hall–Kier alpha value is -1.22. The van der Waals surface area contributed by atoms with Crippen LogP contribution in [0.5, 0.6) is 0 Å². The first kappa shape index (κ1) is 22.1. The zero-order valence-corrected chi connectivity index (χ0v) is 17.2. The molecule has 0 N–H and O–H groups in total. The Morgan fingerprint density at radius 3 is 1.67 bits per heavy atom. The van der Waals surface area contributed by atoms with Crippen LogP contribution in [-0.2, 0) is 28.5 Å². The number of ether oxygens (including phenoxy) is 4. The van der Waals surface area contributed by atoms with Crippen LogP contribution in [0.25, 0.3) is 0 Å². The van der Waals surface area contributed by atoms with Gasteiger partial charge in [0.05, 0.1) is 25.4 Å². The average molecular weight is 386 g/mol. The maximum absolute atomic E-state index is 11.9. The summed E-state index contributed by atoms with van der Waals surface area (Å²) >= 11 is 0. The third-order valence-electron chi connectivity index (χ3n) is 4.75. The molecule has 8 heteroatoms. The van der Waals surface area contributed by atoms with E-state index in [9.17, 15) is 9.59 Å². The lowest BCUT2D eigenvalue weighted by molar-refractivity contribution is -0.158.